The minimum absolute atomic E-state index is 0.0506. The number of rotatable bonds is 3. The lowest BCUT2D eigenvalue weighted by Crippen LogP contribution is -2.13. The van der Waals surface area contributed by atoms with Gasteiger partial charge in [0.15, 0.2) is 0 Å². The smallest absolute Gasteiger partial charge is 0.306 e. The Morgan fingerprint density at radius 2 is 2.45 bits per heavy atom. The average molecular weight is 158 g/mol. The highest BCUT2D eigenvalue weighted by Crippen LogP contribution is 2.24. The van der Waals surface area contributed by atoms with Crippen LogP contribution in [0.5, 0.6) is 0 Å². The van der Waals surface area contributed by atoms with E-state index < -0.39 is 0 Å². The first-order valence-electron chi connectivity index (χ1n) is 4.04. The van der Waals surface area contributed by atoms with E-state index in [-0.39, 0.29) is 18.7 Å². The molecule has 0 bridgehead atoms. The van der Waals surface area contributed by atoms with Crippen LogP contribution >= 0.6 is 0 Å². The molecule has 0 aliphatic carbocycles. The molecule has 0 radical (unpaired) electrons. The topological polar surface area (TPSA) is 46.5 Å². The summed E-state index contributed by atoms with van der Waals surface area (Å²) in [6.07, 6.45) is 2.11. The minimum Gasteiger partial charge on any atom is -0.462 e. The van der Waals surface area contributed by atoms with E-state index in [1.807, 2.05) is 6.92 Å². The van der Waals surface area contributed by atoms with Gasteiger partial charge in [0, 0.05) is 12.5 Å². The van der Waals surface area contributed by atoms with Crippen LogP contribution in [0.3, 0.4) is 0 Å². The highest BCUT2D eigenvalue weighted by atomic mass is 16.5. The predicted molar refractivity (Wildman–Crippen MR) is 40.0 cm³/mol. The molecule has 1 heterocycles. The van der Waals surface area contributed by atoms with E-state index in [0.29, 0.717) is 12.3 Å². The van der Waals surface area contributed by atoms with Crippen molar-refractivity contribution in [3.05, 3.63) is 0 Å². The van der Waals surface area contributed by atoms with Crippen LogP contribution in [0.25, 0.3) is 0 Å². The van der Waals surface area contributed by atoms with Crippen LogP contribution in [0.15, 0.2) is 0 Å². The van der Waals surface area contributed by atoms with Crippen LogP contribution < -0.4 is 0 Å². The molecule has 1 fully saturated rings. The SMILES string of the molecule is C[C@@H]1CC(=O)OC1CCCO. The molecule has 64 valence electrons. The van der Waals surface area contributed by atoms with Gasteiger partial charge in [0.25, 0.3) is 0 Å². The summed E-state index contributed by atoms with van der Waals surface area (Å²) < 4.78 is 5.03. The maximum atomic E-state index is 10.7. The molecule has 3 heteroatoms. The zero-order valence-electron chi connectivity index (χ0n) is 6.75. The van der Waals surface area contributed by atoms with Crippen molar-refractivity contribution in [1.82, 2.24) is 0 Å². The first kappa shape index (κ1) is 8.53. The molecule has 1 saturated heterocycles. The second-order valence-corrected chi connectivity index (χ2v) is 3.08. The van der Waals surface area contributed by atoms with Crippen molar-refractivity contribution >= 4 is 5.97 Å². The highest BCUT2D eigenvalue weighted by Gasteiger charge is 2.30. The minimum atomic E-state index is -0.0968. The Balaban J connectivity index is 2.28. The predicted octanol–water partition coefficient (Wildman–Crippen LogP) is 0.710. The standard InChI is InChI=1S/C8H14O3/c1-6-5-8(10)11-7(6)3-2-4-9/h6-7,9H,2-5H2,1H3/t6-,7?/m1/s1. The summed E-state index contributed by atoms with van der Waals surface area (Å²) in [6, 6.07) is 0. The van der Waals surface area contributed by atoms with E-state index in [1.165, 1.54) is 0 Å². The molecule has 1 aliphatic heterocycles. The van der Waals surface area contributed by atoms with Crippen LogP contribution in [0.2, 0.25) is 0 Å². The van der Waals surface area contributed by atoms with Gasteiger partial charge in [-0.25, -0.2) is 0 Å². The molecule has 0 spiro atoms. The molecule has 0 aromatic carbocycles. The number of hydrogen-bond acceptors (Lipinski definition) is 3. The second-order valence-electron chi connectivity index (χ2n) is 3.08. The van der Waals surface area contributed by atoms with Crippen molar-refractivity contribution in [2.45, 2.75) is 32.3 Å². The summed E-state index contributed by atoms with van der Waals surface area (Å²) in [7, 11) is 0. The largest absolute Gasteiger partial charge is 0.462 e. The van der Waals surface area contributed by atoms with Crippen molar-refractivity contribution in [1.29, 1.82) is 0 Å². The number of esters is 1. The van der Waals surface area contributed by atoms with Gasteiger partial charge in [-0.3, -0.25) is 4.79 Å². The van der Waals surface area contributed by atoms with Crippen molar-refractivity contribution in [3.63, 3.8) is 0 Å². The Bertz CT molecular complexity index is 144. The fourth-order valence-corrected chi connectivity index (χ4v) is 1.36. The first-order chi connectivity index (χ1) is 5.24. The summed E-state index contributed by atoms with van der Waals surface area (Å²) in [5, 5.41) is 8.54. The van der Waals surface area contributed by atoms with E-state index >= 15 is 0 Å². The molecule has 2 atom stereocenters. The van der Waals surface area contributed by atoms with Crippen molar-refractivity contribution in [3.8, 4) is 0 Å². The highest BCUT2D eigenvalue weighted by molar-refractivity contribution is 5.71. The molecule has 1 rings (SSSR count). The fourth-order valence-electron chi connectivity index (χ4n) is 1.36. The van der Waals surface area contributed by atoms with Crippen molar-refractivity contribution in [2.75, 3.05) is 6.61 Å². The first-order valence-corrected chi connectivity index (χ1v) is 4.04. The summed E-state index contributed by atoms with van der Waals surface area (Å²) in [5.41, 5.74) is 0. The van der Waals surface area contributed by atoms with Crippen LogP contribution in [0, 0.1) is 5.92 Å². The van der Waals surface area contributed by atoms with E-state index in [9.17, 15) is 4.79 Å². The van der Waals surface area contributed by atoms with Crippen LogP contribution in [-0.2, 0) is 9.53 Å². The van der Waals surface area contributed by atoms with Gasteiger partial charge in [0.05, 0.1) is 6.42 Å². The monoisotopic (exact) mass is 158 g/mol. The zero-order valence-corrected chi connectivity index (χ0v) is 6.75. The van der Waals surface area contributed by atoms with Gasteiger partial charge in [0.2, 0.25) is 0 Å². The molecule has 3 nitrogen and oxygen atoms in total. The number of cyclic esters (lactones) is 1. The molecule has 11 heavy (non-hydrogen) atoms. The number of aliphatic hydroxyl groups excluding tert-OH is 1. The van der Waals surface area contributed by atoms with Gasteiger partial charge < -0.3 is 9.84 Å². The average Bonchev–Trinajstić information content (AvgIpc) is 2.26. The lowest BCUT2D eigenvalue weighted by molar-refractivity contribution is -0.141. The maximum Gasteiger partial charge on any atom is 0.306 e. The Morgan fingerprint density at radius 3 is 2.91 bits per heavy atom. The second kappa shape index (κ2) is 3.72. The molecule has 1 aliphatic rings. The number of ether oxygens (including phenoxy) is 1. The van der Waals surface area contributed by atoms with Gasteiger partial charge in [-0.1, -0.05) is 6.92 Å². The Hall–Kier alpha value is -0.570. The van der Waals surface area contributed by atoms with Gasteiger partial charge in [-0.05, 0) is 12.8 Å². The Kier molecular flexibility index (Phi) is 2.88. The Morgan fingerprint density at radius 1 is 1.73 bits per heavy atom. The summed E-state index contributed by atoms with van der Waals surface area (Å²) in [5.74, 6) is 0.231. The normalized spacial score (nSPS) is 30.5. The molecule has 0 aromatic heterocycles. The lowest BCUT2D eigenvalue weighted by Gasteiger charge is -2.11. The van der Waals surface area contributed by atoms with E-state index in [0.717, 1.165) is 12.8 Å². The van der Waals surface area contributed by atoms with Gasteiger partial charge in [0.1, 0.15) is 6.10 Å². The Labute approximate surface area is 66.4 Å². The molecule has 0 saturated carbocycles. The number of aliphatic hydroxyl groups is 1. The van der Waals surface area contributed by atoms with E-state index in [2.05, 4.69) is 0 Å². The van der Waals surface area contributed by atoms with Crippen LogP contribution in [0.4, 0.5) is 0 Å². The molecule has 1 unspecified atom stereocenters. The summed E-state index contributed by atoms with van der Waals surface area (Å²) in [4.78, 5) is 10.7. The third kappa shape index (κ3) is 2.19. The van der Waals surface area contributed by atoms with Gasteiger partial charge >= 0.3 is 5.97 Å². The molecule has 1 N–H and O–H groups in total. The molecular weight excluding hydrogens is 144 g/mol. The summed E-state index contributed by atoms with van der Waals surface area (Å²) >= 11 is 0. The lowest BCUT2D eigenvalue weighted by atomic mass is 10.0. The number of carbonyl (C=O) groups is 1. The number of carbonyl (C=O) groups excluding carboxylic acids is 1. The molecular formula is C8H14O3. The zero-order chi connectivity index (χ0) is 8.27. The third-order valence-corrected chi connectivity index (χ3v) is 2.05. The van der Waals surface area contributed by atoms with Gasteiger partial charge in [-0.15, -0.1) is 0 Å². The van der Waals surface area contributed by atoms with Gasteiger partial charge in [-0.2, -0.15) is 0 Å². The number of hydrogen-bond donors (Lipinski definition) is 1. The quantitative estimate of drug-likeness (QED) is 0.615. The maximum absolute atomic E-state index is 10.7. The fraction of sp³-hybridized carbons (Fsp3) is 0.875. The van der Waals surface area contributed by atoms with Crippen LogP contribution in [-0.4, -0.2) is 23.8 Å². The van der Waals surface area contributed by atoms with E-state index in [4.69, 9.17) is 9.84 Å². The molecule has 0 aromatic rings. The van der Waals surface area contributed by atoms with Crippen molar-refractivity contribution in [2.24, 2.45) is 5.92 Å². The summed E-state index contributed by atoms with van der Waals surface area (Å²) in [6.45, 7) is 2.19. The van der Waals surface area contributed by atoms with E-state index in [1.54, 1.807) is 0 Å². The molecule has 0 amide bonds. The van der Waals surface area contributed by atoms with Crippen LogP contribution in [0.1, 0.15) is 26.2 Å². The van der Waals surface area contributed by atoms with Crippen molar-refractivity contribution < 1.29 is 14.6 Å². The third-order valence-electron chi connectivity index (χ3n) is 2.05.